The standard InChI is InChI=1S/C22H28N2O2/c1-17-6-8-18(9-7-17)21(24-14-4-3-5-15-24)16-23-22(25)19-10-12-20(26-2)13-11-19/h6-13,21H,3-5,14-16H2,1-2H3,(H,23,25). The monoisotopic (exact) mass is 352 g/mol. The SMILES string of the molecule is COc1ccc(C(=O)NCC(c2ccc(C)cc2)N2CCCCC2)cc1. The third kappa shape index (κ3) is 4.64. The second-order valence-corrected chi connectivity index (χ2v) is 6.96. The minimum Gasteiger partial charge on any atom is -0.497 e. The highest BCUT2D eigenvalue weighted by molar-refractivity contribution is 5.94. The second-order valence-electron chi connectivity index (χ2n) is 6.96. The van der Waals surface area contributed by atoms with Crippen LogP contribution in [-0.4, -0.2) is 37.6 Å². The summed E-state index contributed by atoms with van der Waals surface area (Å²) in [6.45, 7) is 4.91. The summed E-state index contributed by atoms with van der Waals surface area (Å²) in [6, 6.07) is 16.1. The van der Waals surface area contributed by atoms with Crippen LogP contribution in [0.25, 0.3) is 0 Å². The van der Waals surface area contributed by atoms with Gasteiger partial charge in [0.05, 0.1) is 13.2 Å². The van der Waals surface area contributed by atoms with Crippen molar-refractivity contribution in [3.05, 3.63) is 65.2 Å². The number of aryl methyl sites for hydroxylation is 1. The van der Waals surface area contributed by atoms with Crippen molar-refractivity contribution < 1.29 is 9.53 Å². The zero-order valence-electron chi connectivity index (χ0n) is 15.7. The molecule has 26 heavy (non-hydrogen) atoms. The van der Waals surface area contributed by atoms with Gasteiger partial charge < -0.3 is 10.1 Å². The first-order valence-electron chi connectivity index (χ1n) is 9.40. The van der Waals surface area contributed by atoms with Crippen molar-refractivity contribution in [1.29, 1.82) is 0 Å². The van der Waals surface area contributed by atoms with Gasteiger partial charge in [0.25, 0.3) is 5.91 Å². The zero-order chi connectivity index (χ0) is 18.4. The summed E-state index contributed by atoms with van der Waals surface area (Å²) in [5.41, 5.74) is 3.19. The number of nitrogens with one attached hydrogen (secondary N) is 1. The maximum atomic E-state index is 12.5. The van der Waals surface area contributed by atoms with Crippen LogP contribution >= 0.6 is 0 Å². The quantitative estimate of drug-likeness (QED) is 0.855. The number of piperidine rings is 1. The van der Waals surface area contributed by atoms with Crippen LogP contribution in [-0.2, 0) is 0 Å². The summed E-state index contributed by atoms with van der Waals surface area (Å²) in [4.78, 5) is 15.0. The van der Waals surface area contributed by atoms with Gasteiger partial charge in [-0.25, -0.2) is 0 Å². The highest BCUT2D eigenvalue weighted by Crippen LogP contribution is 2.24. The molecule has 1 saturated heterocycles. The fourth-order valence-electron chi connectivity index (χ4n) is 3.51. The van der Waals surface area contributed by atoms with Gasteiger partial charge in [-0.3, -0.25) is 9.69 Å². The van der Waals surface area contributed by atoms with Gasteiger partial charge in [0.1, 0.15) is 5.75 Å². The van der Waals surface area contributed by atoms with Crippen LogP contribution in [0.2, 0.25) is 0 Å². The summed E-state index contributed by atoms with van der Waals surface area (Å²) in [5, 5.41) is 3.13. The number of nitrogens with zero attached hydrogens (tertiary/aromatic N) is 1. The van der Waals surface area contributed by atoms with E-state index >= 15 is 0 Å². The molecule has 4 nitrogen and oxygen atoms in total. The minimum atomic E-state index is -0.0400. The van der Waals surface area contributed by atoms with Crippen LogP contribution in [0.5, 0.6) is 5.75 Å². The van der Waals surface area contributed by atoms with Crippen molar-refractivity contribution in [2.45, 2.75) is 32.2 Å². The van der Waals surface area contributed by atoms with Gasteiger partial charge >= 0.3 is 0 Å². The Balaban J connectivity index is 1.70. The molecule has 0 aromatic heterocycles. The molecule has 0 bridgehead atoms. The molecule has 1 N–H and O–H groups in total. The van der Waals surface area contributed by atoms with E-state index in [0.717, 1.165) is 18.8 Å². The summed E-state index contributed by atoms with van der Waals surface area (Å²) in [7, 11) is 1.62. The van der Waals surface area contributed by atoms with E-state index in [0.29, 0.717) is 12.1 Å². The van der Waals surface area contributed by atoms with Gasteiger partial charge in [-0.2, -0.15) is 0 Å². The maximum Gasteiger partial charge on any atom is 0.251 e. The fourth-order valence-corrected chi connectivity index (χ4v) is 3.51. The lowest BCUT2D eigenvalue weighted by atomic mass is 10.0. The van der Waals surface area contributed by atoms with E-state index in [1.54, 1.807) is 19.2 Å². The minimum absolute atomic E-state index is 0.0400. The molecule has 1 aliphatic heterocycles. The normalized spacial score (nSPS) is 16.1. The molecule has 1 fully saturated rings. The highest BCUT2D eigenvalue weighted by atomic mass is 16.5. The largest absolute Gasteiger partial charge is 0.497 e. The molecule has 1 heterocycles. The Morgan fingerprint density at radius 2 is 1.69 bits per heavy atom. The molecule has 138 valence electrons. The lowest BCUT2D eigenvalue weighted by molar-refractivity contribution is 0.0924. The Morgan fingerprint density at radius 3 is 2.31 bits per heavy atom. The molecule has 2 aromatic carbocycles. The van der Waals surface area contributed by atoms with Crippen molar-refractivity contribution in [3.63, 3.8) is 0 Å². The van der Waals surface area contributed by atoms with E-state index in [4.69, 9.17) is 4.74 Å². The summed E-state index contributed by atoms with van der Waals surface area (Å²) < 4.78 is 5.16. The van der Waals surface area contributed by atoms with Gasteiger partial charge in [0.15, 0.2) is 0 Å². The Labute approximate surface area is 156 Å². The van der Waals surface area contributed by atoms with Gasteiger partial charge in [-0.05, 0) is 62.7 Å². The number of carbonyl (C=O) groups excluding carboxylic acids is 1. The van der Waals surface area contributed by atoms with E-state index in [2.05, 4.69) is 41.4 Å². The average Bonchev–Trinajstić information content (AvgIpc) is 2.70. The van der Waals surface area contributed by atoms with E-state index in [1.165, 1.54) is 30.4 Å². The molecule has 0 aliphatic carbocycles. The van der Waals surface area contributed by atoms with Crippen LogP contribution in [0.3, 0.4) is 0 Å². The molecule has 0 spiro atoms. The molecule has 1 aliphatic rings. The number of amides is 1. The van der Waals surface area contributed by atoms with E-state index in [1.807, 2.05) is 12.1 Å². The number of hydrogen-bond donors (Lipinski definition) is 1. The van der Waals surface area contributed by atoms with Crippen LogP contribution in [0.1, 0.15) is 46.8 Å². The maximum absolute atomic E-state index is 12.5. The average molecular weight is 352 g/mol. The van der Waals surface area contributed by atoms with Crippen LogP contribution in [0.15, 0.2) is 48.5 Å². The number of rotatable bonds is 6. The molecular formula is C22H28N2O2. The lowest BCUT2D eigenvalue weighted by Crippen LogP contribution is -2.40. The molecule has 3 rings (SSSR count). The van der Waals surface area contributed by atoms with E-state index in [-0.39, 0.29) is 11.9 Å². The first kappa shape index (κ1) is 18.5. The van der Waals surface area contributed by atoms with E-state index in [9.17, 15) is 4.79 Å². The third-order valence-electron chi connectivity index (χ3n) is 5.10. The topological polar surface area (TPSA) is 41.6 Å². The van der Waals surface area contributed by atoms with Crippen molar-refractivity contribution in [3.8, 4) is 5.75 Å². The molecule has 4 heteroatoms. The summed E-state index contributed by atoms with van der Waals surface area (Å²) in [5.74, 6) is 0.717. The van der Waals surface area contributed by atoms with Crippen LogP contribution < -0.4 is 10.1 Å². The fraction of sp³-hybridized carbons (Fsp3) is 0.409. The van der Waals surface area contributed by atoms with E-state index < -0.39 is 0 Å². The molecular weight excluding hydrogens is 324 g/mol. The number of carbonyl (C=O) groups is 1. The third-order valence-corrected chi connectivity index (χ3v) is 5.10. The molecule has 1 unspecified atom stereocenters. The van der Waals surface area contributed by atoms with Gasteiger partial charge in [-0.15, -0.1) is 0 Å². The predicted molar refractivity (Wildman–Crippen MR) is 105 cm³/mol. The molecule has 0 radical (unpaired) electrons. The zero-order valence-corrected chi connectivity index (χ0v) is 15.7. The van der Waals surface area contributed by atoms with Crippen molar-refractivity contribution in [2.24, 2.45) is 0 Å². The number of likely N-dealkylation sites (tertiary alicyclic amines) is 1. The number of benzene rings is 2. The molecule has 1 amide bonds. The van der Waals surface area contributed by atoms with Gasteiger partial charge in [0, 0.05) is 12.1 Å². The smallest absolute Gasteiger partial charge is 0.251 e. The van der Waals surface area contributed by atoms with Crippen molar-refractivity contribution in [1.82, 2.24) is 10.2 Å². The first-order chi connectivity index (χ1) is 12.7. The number of ether oxygens (including phenoxy) is 1. The number of methoxy groups -OCH3 is 1. The Hall–Kier alpha value is -2.33. The molecule has 0 saturated carbocycles. The lowest BCUT2D eigenvalue weighted by Gasteiger charge is -2.35. The number of hydrogen-bond acceptors (Lipinski definition) is 3. The highest BCUT2D eigenvalue weighted by Gasteiger charge is 2.23. The molecule has 1 atom stereocenters. The summed E-state index contributed by atoms with van der Waals surface area (Å²) >= 11 is 0. The van der Waals surface area contributed by atoms with Gasteiger partial charge in [-0.1, -0.05) is 36.2 Å². The molecule has 2 aromatic rings. The van der Waals surface area contributed by atoms with Crippen molar-refractivity contribution in [2.75, 3.05) is 26.7 Å². The Bertz CT molecular complexity index is 704. The van der Waals surface area contributed by atoms with Gasteiger partial charge in [0.2, 0.25) is 0 Å². The van der Waals surface area contributed by atoms with Crippen LogP contribution in [0, 0.1) is 6.92 Å². The predicted octanol–water partition coefficient (Wildman–Crippen LogP) is 3.96. The summed E-state index contributed by atoms with van der Waals surface area (Å²) in [6.07, 6.45) is 3.76. The first-order valence-corrected chi connectivity index (χ1v) is 9.40. The Kier molecular flexibility index (Phi) is 6.29. The van der Waals surface area contributed by atoms with Crippen molar-refractivity contribution >= 4 is 5.91 Å². The second kappa shape index (κ2) is 8.86. The van der Waals surface area contributed by atoms with Crippen LogP contribution in [0.4, 0.5) is 0 Å². The Morgan fingerprint density at radius 1 is 1.04 bits per heavy atom.